The van der Waals surface area contributed by atoms with Crippen LogP contribution in [0.3, 0.4) is 0 Å². The first kappa shape index (κ1) is 12.5. The highest BCUT2D eigenvalue weighted by atomic mass is 16.5. The van der Waals surface area contributed by atoms with Gasteiger partial charge in [0.2, 0.25) is 0 Å². The van der Waals surface area contributed by atoms with Crippen molar-refractivity contribution in [2.75, 3.05) is 5.73 Å². The molecule has 0 aliphatic heterocycles. The lowest BCUT2D eigenvalue weighted by molar-refractivity contribution is 0.292. The molecule has 2 aromatic heterocycles. The van der Waals surface area contributed by atoms with E-state index in [9.17, 15) is 0 Å². The Kier molecular flexibility index (Phi) is 3.02. The molecule has 0 bridgehead atoms. The summed E-state index contributed by atoms with van der Waals surface area (Å²) >= 11 is 0. The molecule has 0 unspecified atom stereocenters. The fourth-order valence-electron chi connectivity index (χ4n) is 2.11. The van der Waals surface area contributed by atoms with Crippen molar-refractivity contribution in [3.8, 4) is 5.75 Å². The third-order valence-corrected chi connectivity index (χ3v) is 3.45. The van der Waals surface area contributed by atoms with Gasteiger partial charge in [-0.3, -0.25) is 4.40 Å². The van der Waals surface area contributed by atoms with E-state index in [0.29, 0.717) is 17.9 Å². The van der Waals surface area contributed by atoms with Gasteiger partial charge in [-0.1, -0.05) is 12.1 Å². The number of hydrogen-bond donors (Lipinski definition) is 1. The second-order valence-corrected chi connectivity index (χ2v) is 4.76. The molecule has 102 valence electrons. The molecule has 2 heterocycles. The average Bonchev–Trinajstić information content (AvgIpc) is 2.85. The van der Waals surface area contributed by atoms with Crippen LogP contribution in [0.15, 0.2) is 36.5 Å². The van der Waals surface area contributed by atoms with Crippen molar-refractivity contribution in [1.82, 2.24) is 14.6 Å². The summed E-state index contributed by atoms with van der Waals surface area (Å²) in [6.07, 6.45) is 1.88. The largest absolute Gasteiger partial charge is 0.485 e. The van der Waals surface area contributed by atoms with Gasteiger partial charge in [0.1, 0.15) is 12.4 Å². The van der Waals surface area contributed by atoms with Crippen LogP contribution in [0.2, 0.25) is 0 Å². The molecule has 0 aliphatic carbocycles. The Hall–Kier alpha value is -2.56. The number of rotatable bonds is 3. The number of anilines is 1. The van der Waals surface area contributed by atoms with Crippen molar-refractivity contribution in [2.45, 2.75) is 20.5 Å². The van der Waals surface area contributed by atoms with Crippen LogP contribution in [0.4, 0.5) is 5.69 Å². The molecule has 0 amide bonds. The van der Waals surface area contributed by atoms with Crippen molar-refractivity contribution >= 4 is 11.3 Å². The monoisotopic (exact) mass is 268 g/mol. The second-order valence-electron chi connectivity index (χ2n) is 4.76. The molecule has 2 N–H and O–H groups in total. The van der Waals surface area contributed by atoms with Gasteiger partial charge in [0, 0.05) is 6.20 Å². The molecule has 20 heavy (non-hydrogen) atoms. The number of aryl methyl sites for hydroxylation is 1. The summed E-state index contributed by atoms with van der Waals surface area (Å²) in [6.45, 7) is 4.47. The maximum atomic E-state index is 5.86. The topological polar surface area (TPSA) is 65.4 Å². The SMILES string of the molecule is Cc1cccc(OCc2nnc3c(N)cccn23)c1C. The van der Waals surface area contributed by atoms with Crippen LogP contribution in [-0.4, -0.2) is 14.6 Å². The van der Waals surface area contributed by atoms with Crippen LogP contribution in [0, 0.1) is 13.8 Å². The molecular formula is C15H16N4O. The van der Waals surface area contributed by atoms with Crippen molar-refractivity contribution in [3.63, 3.8) is 0 Å². The maximum Gasteiger partial charge on any atom is 0.184 e. The molecule has 3 aromatic rings. The van der Waals surface area contributed by atoms with Crippen molar-refractivity contribution in [1.29, 1.82) is 0 Å². The zero-order valence-corrected chi connectivity index (χ0v) is 11.5. The zero-order valence-electron chi connectivity index (χ0n) is 11.5. The van der Waals surface area contributed by atoms with E-state index in [2.05, 4.69) is 23.2 Å². The number of nitrogens with zero attached hydrogens (tertiary/aromatic N) is 3. The minimum absolute atomic E-state index is 0.356. The van der Waals surface area contributed by atoms with Crippen LogP contribution in [0.5, 0.6) is 5.75 Å². The van der Waals surface area contributed by atoms with E-state index in [4.69, 9.17) is 10.5 Å². The van der Waals surface area contributed by atoms with Crippen molar-refractivity contribution < 1.29 is 4.74 Å². The minimum atomic E-state index is 0.356. The molecular weight excluding hydrogens is 252 g/mol. The Bertz CT molecular complexity index is 764. The number of benzene rings is 1. The highest BCUT2D eigenvalue weighted by Gasteiger charge is 2.09. The number of aromatic nitrogens is 3. The van der Waals surface area contributed by atoms with Gasteiger partial charge in [-0.25, -0.2) is 0 Å². The Labute approximate surface area is 117 Å². The van der Waals surface area contributed by atoms with Crippen molar-refractivity contribution in [2.24, 2.45) is 0 Å². The number of ether oxygens (including phenoxy) is 1. The fourth-order valence-corrected chi connectivity index (χ4v) is 2.11. The third kappa shape index (κ3) is 2.07. The van der Waals surface area contributed by atoms with E-state index in [1.54, 1.807) is 6.07 Å². The Morgan fingerprint density at radius 1 is 1.15 bits per heavy atom. The number of fused-ring (bicyclic) bond motifs is 1. The Morgan fingerprint density at radius 2 is 2.00 bits per heavy atom. The molecule has 0 saturated carbocycles. The van der Waals surface area contributed by atoms with Gasteiger partial charge >= 0.3 is 0 Å². The average molecular weight is 268 g/mol. The number of nitrogens with two attached hydrogens (primary N) is 1. The molecule has 5 nitrogen and oxygen atoms in total. The number of hydrogen-bond acceptors (Lipinski definition) is 4. The summed E-state index contributed by atoms with van der Waals surface area (Å²) in [5.74, 6) is 1.60. The number of nitrogen functional groups attached to an aromatic ring is 1. The Morgan fingerprint density at radius 3 is 2.85 bits per heavy atom. The summed E-state index contributed by atoms with van der Waals surface area (Å²) in [4.78, 5) is 0. The first-order valence-electron chi connectivity index (χ1n) is 6.44. The van der Waals surface area contributed by atoms with E-state index >= 15 is 0 Å². The summed E-state index contributed by atoms with van der Waals surface area (Å²) in [5, 5.41) is 8.21. The lowest BCUT2D eigenvalue weighted by atomic mass is 10.1. The van der Waals surface area contributed by atoms with Gasteiger partial charge < -0.3 is 10.5 Å². The van der Waals surface area contributed by atoms with Crippen LogP contribution in [0.25, 0.3) is 5.65 Å². The molecule has 3 rings (SSSR count). The molecule has 0 saturated heterocycles. The van der Waals surface area contributed by atoms with Crippen LogP contribution >= 0.6 is 0 Å². The summed E-state index contributed by atoms with van der Waals surface area (Å²) < 4.78 is 7.69. The Balaban J connectivity index is 1.87. The maximum absolute atomic E-state index is 5.86. The normalized spacial score (nSPS) is 10.9. The number of pyridine rings is 1. The summed E-state index contributed by atoms with van der Waals surface area (Å²) in [7, 11) is 0. The van der Waals surface area contributed by atoms with Gasteiger partial charge in [0.05, 0.1) is 5.69 Å². The summed E-state index contributed by atoms with van der Waals surface area (Å²) in [5.41, 5.74) is 9.47. The highest BCUT2D eigenvalue weighted by molar-refractivity contribution is 5.63. The molecule has 1 aromatic carbocycles. The molecule has 0 fully saturated rings. The molecule has 0 atom stereocenters. The summed E-state index contributed by atoms with van der Waals surface area (Å²) in [6, 6.07) is 9.68. The molecule has 0 aliphatic rings. The second kappa shape index (κ2) is 4.85. The lowest BCUT2D eigenvalue weighted by Gasteiger charge is -2.10. The molecule has 0 radical (unpaired) electrons. The van der Waals surface area contributed by atoms with Crippen LogP contribution in [0.1, 0.15) is 17.0 Å². The first-order valence-corrected chi connectivity index (χ1v) is 6.44. The van der Waals surface area contributed by atoms with Gasteiger partial charge in [0.15, 0.2) is 11.5 Å². The predicted molar refractivity (Wildman–Crippen MR) is 77.6 cm³/mol. The van der Waals surface area contributed by atoms with Gasteiger partial charge in [0.25, 0.3) is 0 Å². The molecule has 5 heteroatoms. The van der Waals surface area contributed by atoms with E-state index in [-0.39, 0.29) is 0 Å². The smallest absolute Gasteiger partial charge is 0.184 e. The van der Waals surface area contributed by atoms with Gasteiger partial charge in [-0.2, -0.15) is 0 Å². The fraction of sp³-hybridized carbons (Fsp3) is 0.200. The van der Waals surface area contributed by atoms with Gasteiger partial charge in [-0.05, 0) is 43.2 Å². The third-order valence-electron chi connectivity index (χ3n) is 3.45. The standard InChI is InChI=1S/C15H16N4O/c1-10-5-3-7-13(11(10)2)20-9-14-17-18-15-12(16)6-4-8-19(14)15/h3-8H,9,16H2,1-2H3. The first-order chi connectivity index (χ1) is 9.66. The van der Waals surface area contributed by atoms with Crippen LogP contribution < -0.4 is 10.5 Å². The minimum Gasteiger partial charge on any atom is -0.485 e. The lowest BCUT2D eigenvalue weighted by Crippen LogP contribution is -2.03. The van der Waals surface area contributed by atoms with E-state index in [1.807, 2.05) is 35.7 Å². The van der Waals surface area contributed by atoms with Gasteiger partial charge in [-0.15, -0.1) is 10.2 Å². The van der Waals surface area contributed by atoms with E-state index < -0.39 is 0 Å². The molecule has 0 spiro atoms. The van der Waals surface area contributed by atoms with Crippen LogP contribution in [-0.2, 0) is 6.61 Å². The van der Waals surface area contributed by atoms with Crippen molar-refractivity contribution in [3.05, 3.63) is 53.5 Å². The predicted octanol–water partition coefficient (Wildman–Crippen LogP) is 2.51. The van der Waals surface area contributed by atoms with E-state index in [1.165, 1.54) is 5.56 Å². The highest BCUT2D eigenvalue weighted by Crippen LogP contribution is 2.21. The van der Waals surface area contributed by atoms with E-state index in [0.717, 1.165) is 17.1 Å². The zero-order chi connectivity index (χ0) is 14.1. The quantitative estimate of drug-likeness (QED) is 0.792.